The number of hydrogen-bond donors (Lipinski definition) is 0. The Morgan fingerprint density at radius 3 is 2.17 bits per heavy atom. The lowest BCUT2D eigenvalue weighted by Gasteiger charge is -2.40. The Morgan fingerprint density at radius 1 is 0.913 bits per heavy atom. The second-order valence-corrected chi connectivity index (χ2v) is 8.97. The maximum absolute atomic E-state index is 11.6. The van der Waals surface area contributed by atoms with Crippen LogP contribution in [0.1, 0.15) is 38.5 Å². The molecule has 4 nitrogen and oxygen atoms in total. The zero-order valence-electron chi connectivity index (χ0n) is 14.1. The lowest BCUT2D eigenvalue weighted by Crippen LogP contribution is -2.48. The van der Waals surface area contributed by atoms with Crippen molar-refractivity contribution in [3.05, 3.63) is 24.3 Å². The third kappa shape index (κ3) is 4.27. The number of piperidine rings is 1. The summed E-state index contributed by atoms with van der Waals surface area (Å²) < 4.78 is 23.2. The number of anilines is 1. The van der Waals surface area contributed by atoms with Gasteiger partial charge in [-0.05, 0) is 63.0 Å². The van der Waals surface area contributed by atoms with Crippen LogP contribution in [0.15, 0.2) is 29.2 Å². The van der Waals surface area contributed by atoms with Crippen molar-refractivity contribution in [2.24, 2.45) is 0 Å². The standard InChI is InChI=1S/C18H28N2O2S/c1-23(21,22)18-10-8-16(9-11-18)20-14-6-7-17(15-20)19-12-4-2-3-5-13-19/h8-11,17H,2-7,12-15H2,1H3/t17-/m0/s1. The first-order valence-corrected chi connectivity index (χ1v) is 10.7. The Hall–Kier alpha value is -1.07. The normalized spacial score (nSPS) is 24.4. The van der Waals surface area contributed by atoms with E-state index >= 15 is 0 Å². The monoisotopic (exact) mass is 336 g/mol. The van der Waals surface area contributed by atoms with E-state index in [1.54, 1.807) is 12.1 Å². The van der Waals surface area contributed by atoms with Crippen molar-refractivity contribution in [2.75, 3.05) is 37.3 Å². The van der Waals surface area contributed by atoms with Crippen LogP contribution in [0, 0.1) is 0 Å². The van der Waals surface area contributed by atoms with Crippen molar-refractivity contribution in [1.29, 1.82) is 0 Å². The van der Waals surface area contributed by atoms with Crippen LogP contribution in [-0.2, 0) is 9.84 Å². The Balaban J connectivity index is 1.68. The van der Waals surface area contributed by atoms with Crippen LogP contribution in [0.25, 0.3) is 0 Å². The summed E-state index contributed by atoms with van der Waals surface area (Å²) in [5.41, 5.74) is 1.15. The van der Waals surface area contributed by atoms with Gasteiger partial charge in [0.1, 0.15) is 0 Å². The van der Waals surface area contributed by atoms with E-state index in [1.165, 1.54) is 57.9 Å². The zero-order chi connectivity index (χ0) is 16.3. The van der Waals surface area contributed by atoms with Gasteiger partial charge in [0.15, 0.2) is 9.84 Å². The van der Waals surface area contributed by atoms with Gasteiger partial charge in [-0.3, -0.25) is 4.90 Å². The predicted molar refractivity (Wildman–Crippen MR) is 94.8 cm³/mol. The fourth-order valence-electron chi connectivity index (χ4n) is 3.85. The number of nitrogens with zero attached hydrogens (tertiary/aromatic N) is 2. The van der Waals surface area contributed by atoms with Gasteiger partial charge < -0.3 is 4.90 Å². The van der Waals surface area contributed by atoms with E-state index in [0.29, 0.717) is 10.9 Å². The van der Waals surface area contributed by atoms with Crippen LogP contribution in [0.4, 0.5) is 5.69 Å². The van der Waals surface area contributed by atoms with Crippen LogP contribution < -0.4 is 4.90 Å². The molecule has 2 aliphatic rings. The Bertz CT molecular complexity index is 604. The van der Waals surface area contributed by atoms with E-state index in [4.69, 9.17) is 0 Å². The molecular formula is C18H28N2O2S. The van der Waals surface area contributed by atoms with Crippen LogP contribution in [0.2, 0.25) is 0 Å². The largest absolute Gasteiger partial charge is 0.370 e. The molecule has 2 fully saturated rings. The fraction of sp³-hybridized carbons (Fsp3) is 0.667. The molecule has 0 amide bonds. The van der Waals surface area contributed by atoms with Crippen LogP contribution in [-0.4, -0.2) is 51.8 Å². The van der Waals surface area contributed by atoms with Gasteiger partial charge >= 0.3 is 0 Å². The molecule has 0 radical (unpaired) electrons. The Kier molecular flexibility index (Phi) is 5.27. The quantitative estimate of drug-likeness (QED) is 0.851. The molecule has 0 spiro atoms. The van der Waals surface area contributed by atoms with Crippen molar-refractivity contribution >= 4 is 15.5 Å². The molecule has 0 aliphatic carbocycles. The summed E-state index contributed by atoms with van der Waals surface area (Å²) in [6, 6.07) is 8.04. The Morgan fingerprint density at radius 2 is 1.57 bits per heavy atom. The number of likely N-dealkylation sites (tertiary alicyclic amines) is 1. The zero-order valence-corrected chi connectivity index (χ0v) is 14.9. The van der Waals surface area contributed by atoms with E-state index in [1.807, 2.05) is 12.1 Å². The number of sulfone groups is 1. The molecular weight excluding hydrogens is 308 g/mol. The van der Waals surface area contributed by atoms with Crippen molar-refractivity contribution in [3.8, 4) is 0 Å². The number of hydrogen-bond acceptors (Lipinski definition) is 4. The summed E-state index contributed by atoms with van der Waals surface area (Å²) in [6.07, 6.45) is 9.18. The summed E-state index contributed by atoms with van der Waals surface area (Å²) >= 11 is 0. The summed E-state index contributed by atoms with van der Waals surface area (Å²) in [6.45, 7) is 4.62. The molecule has 128 valence electrons. The first-order valence-electron chi connectivity index (χ1n) is 8.83. The summed E-state index contributed by atoms with van der Waals surface area (Å²) in [5.74, 6) is 0. The van der Waals surface area contributed by atoms with Gasteiger partial charge in [0.05, 0.1) is 4.90 Å². The second-order valence-electron chi connectivity index (χ2n) is 6.96. The van der Waals surface area contributed by atoms with Crippen molar-refractivity contribution < 1.29 is 8.42 Å². The summed E-state index contributed by atoms with van der Waals surface area (Å²) in [5, 5.41) is 0. The van der Waals surface area contributed by atoms with Gasteiger partial charge in [-0.25, -0.2) is 8.42 Å². The first-order chi connectivity index (χ1) is 11.0. The van der Waals surface area contributed by atoms with E-state index in [2.05, 4.69) is 9.80 Å². The highest BCUT2D eigenvalue weighted by molar-refractivity contribution is 7.90. The third-order valence-corrected chi connectivity index (χ3v) is 6.31. The number of benzene rings is 1. The minimum atomic E-state index is -3.11. The van der Waals surface area contributed by atoms with Crippen LogP contribution in [0.3, 0.4) is 0 Å². The van der Waals surface area contributed by atoms with Gasteiger partial charge in [-0.2, -0.15) is 0 Å². The highest BCUT2D eigenvalue weighted by Crippen LogP contribution is 2.25. The SMILES string of the molecule is CS(=O)(=O)c1ccc(N2CCC[C@H](N3CCCCCC3)C2)cc1. The minimum absolute atomic E-state index is 0.405. The third-order valence-electron chi connectivity index (χ3n) is 5.18. The molecule has 5 heteroatoms. The molecule has 1 atom stereocenters. The number of rotatable bonds is 3. The molecule has 3 rings (SSSR count). The van der Waals surface area contributed by atoms with E-state index in [0.717, 1.165) is 18.8 Å². The van der Waals surface area contributed by atoms with E-state index in [-0.39, 0.29) is 0 Å². The lowest BCUT2D eigenvalue weighted by atomic mass is 10.0. The van der Waals surface area contributed by atoms with Crippen LogP contribution >= 0.6 is 0 Å². The molecule has 1 aromatic carbocycles. The van der Waals surface area contributed by atoms with Gasteiger partial charge in [-0.1, -0.05) is 12.8 Å². The average molecular weight is 337 g/mol. The molecule has 2 saturated heterocycles. The van der Waals surface area contributed by atoms with E-state index in [9.17, 15) is 8.42 Å². The van der Waals surface area contributed by atoms with Crippen molar-refractivity contribution in [3.63, 3.8) is 0 Å². The maximum Gasteiger partial charge on any atom is 0.175 e. The van der Waals surface area contributed by atoms with Crippen molar-refractivity contribution in [1.82, 2.24) is 4.90 Å². The van der Waals surface area contributed by atoms with Gasteiger partial charge in [0.2, 0.25) is 0 Å². The molecule has 0 N–H and O–H groups in total. The van der Waals surface area contributed by atoms with Crippen LogP contribution in [0.5, 0.6) is 0 Å². The highest BCUT2D eigenvalue weighted by Gasteiger charge is 2.26. The molecule has 0 aromatic heterocycles. The molecule has 0 unspecified atom stereocenters. The predicted octanol–water partition coefficient (Wildman–Crippen LogP) is 2.93. The lowest BCUT2D eigenvalue weighted by molar-refractivity contribution is 0.182. The summed E-state index contributed by atoms with van der Waals surface area (Å²) in [7, 11) is -3.11. The average Bonchev–Trinajstić information content (AvgIpc) is 2.84. The van der Waals surface area contributed by atoms with E-state index < -0.39 is 9.84 Å². The first kappa shape index (κ1) is 16.8. The van der Waals surface area contributed by atoms with Gasteiger partial charge in [0, 0.05) is 31.1 Å². The fourth-order valence-corrected chi connectivity index (χ4v) is 4.48. The van der Waals surface area contributed by atoms with Crippen molar-refractivity contribution in [2.45, 2.75) is 49.5 Å². The molecule has 23 heavy (non-hydrogen) atoms. The molecule has 1 aromatic rings. The van der Waals surface area contributed by atoms with Gasteiger partial charge in [-0.15, -0.1) is 0 Å². The maximum atomic E-state index is 11.6. The van der Waals surface area contributed by atoms with Gasteiger partial charge in [0.25, 0.3) is 0 Å². The second kappa shape index (κ2) is 7.22. The molecule has 0 bridgehead atoms. The molecule has 2 aliphatic heterocycles. The highest BCUT2D eigenvalue weighted by atomic mass is 32.2. The minimum Gasteiger partial charge on any atom is -0.370 e. The summed E-state index contributed by atoms with van der Waals surface area (Å²) in [4.78, 5) is 5.51. The Labute approximate surface area is 140 Å². The topological polar surface area (TPSA) is 40.6 Å². The smallest absolute Gasteiger partial charge is 0.175 e. The molecule has 2 heterocycles. The molecule has 0 saturated carbocycles.